The standard InChI is InChI=1S/C44H76O3S/c1-4-5-6-7-8-9-10-11-12-13-14-15-16-17-18-25-33-47-41(45)28-35-48-34-26-27-38-36-39(43(2)29-21-19-22-30-43)37-40(42(38)46)44(3)31-23-20-24-32-44/h36-37,46H,4-35H2,1-3H3. The Morgan fingerprint density at radius 2 is 1.17 bits per heavy atom. The fourth-order valence-electron chi connectivity index (χ4n) is 8.45. The van der Waals surface area contributed by atoms with Crippen LogP contribution >= 0.6 is 11.8 Å². The summed E-state index contributed by atoms with van der Waals surface area (Å²) in [4.78, 5) is 12.3. The van der Waals surface area contributed by atoms with Crippen molar-refractivity contribution in [3.05, 3.63) is 28.8 Å². The van der Waals surface area contributed by atoms with Crippen LogP contribution in [-0.2, 0) is 26.8 Å². The van der Waals surface area contributed by atoms with Gasteiger partial charge in [0.15, 0.2) is 0 Å². The van der Waals surface area contributed by atoms with E-state index in [9.17, 15) is 9.90 Å². The number of hydrogen-bond acceptors (Lipinski definition) is 4. The molecular weight excluding hydrogens is 609 g/mol. The average molecular weight is 685 g/mol. The van der Waals surface area contributed by atoms with Crippen molar-refractivity contribution in [2.45, 2.75) is 218 Å². The second-order valence-corrected chi connectivity index (χ2v) is 17.5. The molecular formula is C44H76O3S. The van der Waals surface area contributed by atoms with E-state index in [1.165, 1.54) is 172 Å². The molecule has 0 unspecified atom stereocenters. The summed E-state index contributed by atoms with van der Waals surface area (Å²) in [6.45, 7) is 7.73. The van der Waals surface area contributed by atoms with Gasteiger partial charge in [-0.3, -0.25) is 4.79 Å². The SMILES string of the molecule is CCCCCCCCCCCCCCCCCCOC(=O)CCSCCCc1cc(C2(C)CCCCC2)cc(C2(C)CCCCC2)c1O. The summed E-state index contributed by atoms with van der Waals surface area (Å²) in [6, 6.07) is 4.77. The molecule has 0 spiro atoms. The van der Waals surface area contributed by atoms with Crippen molar-refractivity contribution in [2.75, 3.05) is 18.1 Å². The van der Waals surface area contributed by atoms with Crippen LogP contribution in [0.3, 0.4) is 0 Å². The third-order valence-corrected chi connectivity index (χ3v) is 13.0. The Morgan fingerprint density at radius 1 is 0.667 bits per heavy atom. The van der Waals surface area contributed by atoms with E-state index in [4.69, 9.17) is 4.74 Å². The summed E-state index contributed by atoms with van der Waals surface area (Å²) in [5, 5.41) is 11.6. The van der Waals surface area contributed by atoms with Gasteiger partial charge in [0.1, 0.15) is 5.75 Å². The minimum atomic E-state index is -0.0418. The Hall–Kier alpha value is -1.16. The van der Waals surface area contributed by atoms with E-state index in [1.807, 2.05) is 11.8 Å². The number of carbonyl (C=O) groups is 1. The fourth-order valence-corrected chi connectivity index (χ4v) is 9.31. The van der Waals surface area contributed by atoms with E-state index in [-0.39, 0.29) is 16.8 Å². The van der Waals surface area contributed by atoms with Gasteiger partial charge in [0.2, 0.25) is 0 Å². The van der Waals surface area contributed by atoms with Gasteiger partial charge in [0.25, 0.3) is 0 Å². The molecule has 1 aromatic carbocycles. The van der Waals surface area contributed by atoms with Crippen molar-refractivity contribution in [2.24, 2.45) is 0 Å². The van der Waals surface area contributed by atoms with Gasteiger partial charge >= 0.3 is 5.97 Å². The molecule has 0 aromatic heterocycles. The first-order valence-electron chi connectivity index (χ1n) is 21.0. The maximum absolute atomic E-state index is 12.3. The lowest BCUT2D eigenvalue weighted by Gasteiger charge is -2.39. The van der Waals surface area contributed by atoms with Crippen LogP contribution in [0, 0.1) is 0 Å². The normalized spacial score (nSPS) is 17.4. The van der Waals surface area contributed by atoms with Crippen LogP contribution in [0.1, 0.15) is 217 Å². The molecule has 2 fully saturated rings. The minimum Gasteiger partial charge on any atom is -0.507 e. The molecule has 1 aromatic rings. The number of aryl methyl sites for hydroxylation is 1. The number of ether oxygens (including phenoxy) is 1. The molecule has 0 radical (unpaired) electrons. The molecule has 2 aliphatic carbocycles. The molecule has 4 heteroatoms. The first kappa shape index (κ1) is 41.3. The number of phenolic OH excluding ortho intramolecular Hbond substituents is 1. The Morgan fingerprint density at radius 3 is 1.71 bits per heavy atom. The van der Waals surface area contributed by atoms with Crippen LogP contribution in [0.25, 0.3) is 0 Å². The lowest BCUT2D eigenvalue weighted by atomic mass is 9.66. The molecule has 3 nitrogen and oxygen atoms in total. The highest BCUT2D eigenvalue weighted by molar-refractivity contribution is 7.99. The maximum atomic E-state index is 12.3. The summed E-state index contributed by atoms with van der Waals surface area (Å²) < 4.78 is 5.53. The summed E-state index contributed by atoms with van der Waals surface area (Å²) in [6.07, 6.45) is 36.9. The van der Waals surface area contributed by atoms with Gasteiger partial charge in [0, 0.05) is 11.3 Å². The summed E-state index contributed by atoms with van der Waals surface area (Å²) >= 11 is 1.85. The number of thioether (sulfide) groups is 1. The average Bonchev–Trinajstić information content (AvgIpc) is 3.08. The molecule has 2 saturated carbocycles. The lowest BCUT2D eigenvalue weighted by Crippen LogP contribution is -2.29. The Labute approximate surface area is 301 Å². The molecule has 0 heterocycles. The number of benzene rings is 1. The molecule has 0 saturated heterocycles. The Kier molecular flexibility index (Phi) is 20.7. The van der Waals surface area contributed by atoms with Crippen molar-refractivity contribution in [3.63, 3.8) is 0 Å². The molecule has 0 bridgehead atoms. The van der Waals surface area contributed by atoms with Gasteiger partial charge < -0.3 is 9.84 Å². The second-order valence-electron chi connectivity index (χ2n) is 16.3. The van der Waals surface area contributed by atoms with Crippen LogP contribution in [-0.4, -0.2) is 29.2 Å². The van der Waals surface area contributed by atoms with E-state index in [1.54, 1.807) is 0 Å². The number of unbranched alkanes of at least 4 members (excludes halogenated alkanes) is 15. The Bertz CT molecular complexity index is 991. The van der Waals surface area contributed by atoms with E-state index < -0.39 is 0 Å². The van der Waals surface area contributed by atoms with Crippen LogP contribution in [0.15, 0.2) is 12.1 Å². The van der Waals surface area contributed by atoms with Crippen molar-refractivity contribution < 1.29 is 14.6 Å². The zero-order valence-corrected chi connectivity index (χ0v) is 32.8. The number of carbonyl (C=O) groups excluding carboxylic acids is 1. The van der Waals surface area contributed by atoms with Crippen LogP contribution in [0.2, 0.25) is 0 Å². The number of phenols is 1. The largest absolute Gasteiger partial charge is 0.507 e. The van der Waals surface area contributed by atoms with Crippen molar-refractivity contribution in [1.82, 2.24) is 0 Å². The van der Waals surface area contributed by atoms with Gasteiger partial charge in [-0.2, -0.15) is 11.8 Å². The molecule has 0 amide bonds. The van der Waals surface area contributed by atoms with Gasteiger partial charge in [0.05, 0.1) is 13.0 Å². The highest BCUT2D eigenvalue weighted by Gasteiger charge is 2.35. The monoisotopic (exact) mass is 685 g/mol. The zero-order chi connectivity index (χ0) is 34.3. The third-order valence-electron chi connectivity index (χ3n) is 11.9. The highest BCUT2D eigenvalue weighted by Crippen LogP contribution is 2.48. The summed E-state index contributed by atoms with van der Waals surface area (Å²) in [5.41, 5.74) is 4.18. The fraction of sp³-hybridized carbons (Fsp3) is 0.841. The quantitative estimate of drug-likeness (QED) is 0.0779. The van der Waals surface area contributed by atoms with E-state index in [0.717, 1.165) is 36.3 Å². The predicted molar refractivity (Wildman–Crippen MR) is 210 cm³/mol. The van der Waals surface area contributed by atoms with E-state index in [0.29, 0.717) is 18.8 Å². The topological polar surface area (TPSA) is 46.5 Å². The van der Waals surface area contributed by atoms with Crippen molar-refractivity contribution in [3.8, 4) is 5.75 Å². The van der Waals surface area contributed by atoms with Crippen LogP contribution < -0.4 is 0 Å². The number of aromatic hydroxyl groups is 1. The number of esters is 1. The molecule has 276 valence electrons. The first-order chi connectivity index (χ1) is 23.4. The number of hydrogen-bond donors (Lipinski definition) is 1. The minimum absolute atomic E-state index is 0.0418. The molecule has 2 aliphatic rings. The van der Waals surface area contributed by atoms with Gasteiger partial charge in [-0.05, 0) is 72.7 Å². The molecule has 0 aliphatic heterocycles. The lowest BCUT2D eigenvalue weighted by molar-refractivity contribution is -0.143. The second kappa shape index (κ2) is 24.1. The molecule has 48 heavy (non-hydrogen) atoms. The molecule has 0 atom stereocenters. The smallest absolute Gasteiger partial charge is 0.306 e. The summed E-state index contributed by atoms with van der Waals surface area (Å²) in [5.74, 6) is 2.37. The first-order valence-corrected chi connectivity index (χ1v) is 22.1. The van der Waals surface area contributed by atoms with Crippen LogP contribution in [0.4, 0.5) is 0 Å². The van der Waals surface area contributed by atoms with Gasteiger partial charge in [-0.1, -0.05) is 168 Å². The van der Waals surface area contributed by atoms with E-state index in [2.05, 4.69) is 32.9 Å². The van der Waals surface area contributed by atoms with E-state index >= 15 is 0 Å². The third kappa shape index (κ3) is 15.4. The predicted octanol–water partition coefficient (Wildman–Crippen LogP) is 13.7. The van der Waals surface area contributed by atoms with Crippen molar-refractivity contribution in [1.29, 1.82) is 0 Å². The molecule has 3 rings (SSSR count). The highest BCUT2D eigenvalue weighted by atomic mass is 32.2. The zero-order valence-electron chi connectivity index (χ0n) is 32.0. The summed E-state index contributed by atoms with van der Waals surface area (Å²) in [7, 11) is 0. The number of rotatable bonds is 26. The van der Waals surface area contributed by atoms with Crippen LogP contribution in [0.5, 0.6) is 5.75 Å². The maximum Gasteiger partial charge on any atom is 0.306 e. The molecule has 1 N–H and O–H groups in total. The Balaban J connectivity index is 1.22. The van der Waals surface area contributed by atoms with Gasteiger partial charge in [-0.25, -0.2) is 0 Å². The van der Waals surface area contributed by atoms with Crippen molar-refractivity contribution >= 4 is 17.7 Å². The van der Waals surface area contributed by atoms with Gasteiger partial charge in [-0.15, -0.1) is 0 Å².